The van der Waals surface area contributed by atoms with Crippen LogP contribution in [0.5, 0.6) is 0 Å². The fraction of sp³-hybridized carbons (Fsp3) is 0.208. The summed E-state index contributed by atoms with van der Waals surface area (Å²) in [6, 6.07) is 24.6. The Balaban J connectivity index is 1.61. The van der Waals surface area contributed by atoms with Gasteiger partial charge in [-0.05, 0) is 29.8 Å². The Morgan fingerprint density at radius 2 is 1.55 bits per heavy atom. The Morgan fingerprint density at radius 3 is 2.38 bits per heavy atom. The van der Waals surface area contributed by atoms with Crippen molar-refractivity contribution >= 4 is 29.0 Å². The molecule has 3 aromatic carbocycles. The predicted molar refractivity (Wildman–Crippen MR) is 119 cm³/mol. The lowest BCUT2D eigenvalue weighted by molar-refractivity contribution is 0.0982. The van der Waals surface area contributed by atoms with E-state index in [0.29, 0.717) is 6.54 Å². The molecule has 0 unspecified atom stereocenters. The number of nitrogens with one attached hydrogen (secondary N) is 1. The van der Waals surface area contributed by atoms with Crippen LogP contribution in [0.25, 0.3) is 0 Å². The molecule has 5 rings (SSSR count). The lowest BCUT2D eigenvalue weighted by atomic mass is 10.1. The minimum atomic E-state index is 0.0679. The quantitative estimate of drug-likeness (QED) is 0.705. The number of rotatable bonds is 3. The van der Waals surface area contributed by atoms with E-state index in [1.165, 1.54) is 5.69 Å². The van der Waals surface area contributed by atoms with Crippen molar-refractivity contribution in [3.05, 3.63) is 83.9 Å². The normalized spacial score (nSPS) is 16.2. The molecule has 0 aliphatic carbocycles. The minimum absolute atomic E-state index is 0.0679. The second-order valence-corrected chi connectivity index (χ2v) is 8.39. The van der Waals surface area contributed by atoms with Gasteiger partial charge < -0.3 is 15.1 Å². The van der Waals surface area contributed by atoms with Crippen LogP contribution in [0, 0.1) is 0 Å². The number of hydrogen-bond donors (Lipinski definition) is 1. The number of para-hydroxylation sites is 1. The van der Waals surface area contributed by atoms with Gasteiger partial charge in [-0.2, -0.15) is 0 Å². The highest BCUT2D eigenvalue weighted by molar-refractivity contribution is 7.99. The van der Waals surface area contributed by atoms with Crippen LogP contribution in [0.1, 0.15) is 15.9 Å². The molecular weight excluding hydrogens is 378 g/mol. The van der Waals surface area contributed by atoms with Crippen LogP contribution in [0.15, 0.2) is 82.6 Å². The van der Waals surface area contributed by atoms with E-state index in [1.807, 2.05) is 41.3 Å². The molecule has 1 saturated heterocycles. The molecule has 3 aromatic rings. The lowest BCUT2D eigenvalue weighted by Crippen LogP contribution is -2.43. The molecule has 0 aromatic heterocycles. The van der Waals surface area contributed by atoms with Gasteiger partial charge in [-0.1, -0.05) is 60.3 Å². The summed E-state index contributed by atoms with van der Waals surface area (Å²) in [5.41, 5.74) is 4.06. The van der Waals surface area contributed by atoms with Gasteiger partial charge in [-0.25, -0.2) is 0 Å². The zero-order chi connectivity index (χ0) is 19.6. The maximum Gasteiger partial charge on any atom is 0.259 e. The molecule has 0 saturated carbocycles. The molecule has 5 heteroatoms. The minimum Gasteiger partial charge on any atom is -0.368 e. The fourth-order valence-electron chi connectivity index (χ4n) is 4.01. The smallest absolute Gasteiger partial charge is 0.259 e. The van der Waals surface area contributed by atoms with E-state index >= 15 is 0 Å². The SMILES string of the molecule is O=C1c2cccc(N3CCNCC3)c2Sc2ccccc2N1Cc1ccccc1. The van der Waals surface area contributed by atoms with E-state index in [0.717, 1.165) is 52.8 Å². The summed E-state index contributed by atoms with van der Waals surface area (Å²) in [4.78, 5) is 20.2. The number of nitrogens with zero attached hydrogens (tertiary/aromatic N) is 2. The van der Waals surface area contributed by atoms with Crippen molar-refractivity contribution in [2.24, 2.45) is 0 Å². The van der Waals surface area contributed by atoms with Gasteiger partial charge in [0.1, 0.15) is 0 Å². The van der Waals surface area contributed by atoms with E-state index in [9.17, 15) is 4.79 Å². The van der Waals surface area contributed by atoms with Gasteiger partial charge in [0.2, 0.25) is 0 Å². The van der Waals surface area contributed by atoms with Gasteiger partial charge in [0.15, 0.2) is 0 Å². The average Bonchev–Trinajstić information content (AvgIpc) is 2.90. The summed E-state index contributed by atoms with van der Waals surface area (Å²) in [5.74, 6) is 0.0679. The average molecular weight is 402 g/mol. The molecule has 0 atom stereocenters. The van der Waals surface area contributed by atoms with Crippen LogP contribution in [0.4, 0.5) is 11.4 Å². The third-order valence-corrected chi connectivity index (χ3v) is 6.68. The highest BCUT2D eigenvalue weighted by Gasteiger charge is 2.30. The standard InChI is InChI=1S/C24H23N3OS/c28-24-19-9-6-11-21(26-15-13-25-14-16-26)23(19)29-22-12-5-4-10-20(22)27(24)17-18-7-2-1-3-8-18/h1-12,25H,13-17H2. The van der Waals surface area contributed by atoms with Gasteiger partial charge in [0, 0.05) is 36.0 Å². The van der Waals surface area contributed by atoms with Crippen LogP contribution in [0.3, 0.4) is 0 Å². The maximum absolute atomic E-state index is 13.7. The first-order valence-electron chi connectivity index (χ1n) is 10.0. The van der Waals surface area contributed by atoms with Crippen molar-refractivity contribution in [2.75, 3.05) is 36.0 Å². The summed E-state index contributed by atoms with van der Waals surface area (Å²) in [6.45, 7) is 4.42. The topological polar surface area (TPSA) is 35.6 Å². The largest absolute Gasteiger partial charge is 0.368 e. The van der Waals surface area contributed by atoms with Crippen LogP contribution in [0.2, 0.25) is 0 Å². The molecule has 29 heavy (non-hydrogen) atoms. The second kappa shape index (κ2) is 7.93. The molecule has 0 bridgehead atoms. The lowest BCUT2D eigenvalue weighted by Gasteiger charge is -2.31. The number of anilines is 2. The van der Waals surface area contributed by atoms with E-state index in [2.05, 4.69) is 46.6 Å². The zero-order valence-corrected chi connectivity index (χ0v) is 17.0. The number of benzene rings is 3. The Labute approximate surface area is 175 Å². The molecule has 2 aliphatic rings. The van der Waals surface area contributed by atoms with Crippen LogP contribution >= 0.6 is 11.8 Å². The number of carbonyl (C=O) groups excluding carboxylic acids is 1. The van der Waals surface area contributed by atoms with Crippen molar-refractivity contribution in [1.29, 1.82) is 0 Å². The summed E-state index contributed by atoms with van der Waals surface area (Å²) in [5, 5.41) is 3.41. The van der Waals surface area contributed by atoms with Crippen LogP contribution in [-0.2, 0) is 6.54 Å². The van der Waals surface area contributed by atoms with Gasteiger partial charge in [-0.15, -0.1) is 0 Å². The number of carbonyl (C=O) groups is 1. The van der Waals surface area contributed by atoms with Crippen molar-refractivity contribution in [1.82, 2.24) is 5.32 Å². The third-order valence-electron chi connectivity index (χ3n) is 5.48. The zero-order valence-electron chi connectivity index (χ0n) is 16.2. The van der Waals surface area contributed by atoms with Gasteiger partial charge in [-0.3, -0.25) is 4.79 Å². The monoisotopic (exact) mass is 401 g/mol. The van der Waals surface area contributed by atoms with Crippen molar-refractivity contribution in [2.45, 2.75) is 16.3 Å². The van der Waals surface area contributed by atoms with Crippen molar-refractivity contribution in [3.8, 4) is 0 Å². The van der Waals surface area contributed by atoms with E-state index < -0.39 is 0 Å². The third kappa shape index (κ3) is 3.52. The van der Waals surface area contributed by atoms with Gasteiger partial charge >= 0.3 is 0 Å². The van der Waals surface area contributed by atoms with Crippen molar-refractivity contribution in [3.63, 3.8) is 0 Å². The molecule has 2 heterocycles. The summed E-state index contributed by atoms with van der Waals surface area (Å²) in [7, 11) is 0. The van der Waals surface area contributed by atoms with Gasteiger partial charge in [0.05, 0.1) is 23.5 Å². The number of amides is 1. The Bertz CT molecular complexity index is 1030. The molecule has 4 nitrogen and oxygen atoms in total. The maximum atomic E-state index is 13.7. The highest BCUT2D eigenvalue weighted by Crippen LogP contribution is 2.45. The van der Waals surface area contributed by atoms with E-state index in [-0.39, 0.29) is 5.91 Å². The number of fused-ring (bicyclic) bond motifs is 2. The molecule has 1 fully saturated rings. The highest BCUT2D eigenvalue weighted by atomic mass is 32.2. The summed E-state index contributed by atoms with van der Waals surface area (Å²) < 4.78 is 0. The fourth-order valence-corrected chi connectivity index (χ4v) is 5.23. The number of hydrogen-bond acceptors (Lipinski definition) is 4. The van der Waals surface area contributed by atoms with Crippen LogP contribution < -0.4 is 15.1 Å². The molecule has 146 valence electrons. The molecule has 0 spiro atoms. The van der Waals surface area contributed by atoms with E-state index in [1.54, 1.807) is 11.8 Å². The Morgan fingerprint density at radius 1 is 0.828 bits per heavy atom. The van der Waals surface area contributed by atoms with Crippen LogP contribution in [-0.4, -0.2) is 32.1 Å². The second-order valence-electron chi connectivity index (χ2n) is 7.34. The van der Waals surface area contributed by atoms with Crippen molar-refractivity contribution < 1.29 is 4.79 Å². The molecule has 2 aliphatic heterocycles. The molecule has 1 N–H and O–H groups in total. The van der Waals surface area contributed by atoms with Gasteiger partial charge in [0.25, 0.3) is 5.91 Å². The molecular formula is C24H23N3OS. The summed E-state index contributed by atoms with van der Waals surface area (Å²) >= 11 is 1.72. The first kappa shape index (κ1) is 18.3. The number of piperazine rings is 1. The Hall–Kier alpha value is -2.76. The van der Waals surface area contributed by atoms with E-state index in [4.69, 9.17) is 0 Å². The summed E-state index contributed by atoms with van der Waals surface area (Å²) in [6.07, 6.45) is 0. The molecule has 1 amide bonds. The first-order valence-corrected chi connectivity index (χ1v) is 10.8. The predicted octanol–water partition coefficient (Wildman–Crippen LogP) is 4.41. The Kier molecular flexibility index (Phi) is 5.00. The molecule has 0 radical (unpaired) electrons. The first-order chi connectivity index (χ1) is 14.3.